The number of nitrogens with zero attached hydrogens (tertiary/aromatic N) is 2. The molecule has 2 unspecified atom stereocenters. The minimum Gasteiger partial charge on any atom is -0.746 e. The Morgan fingerprint density at radius 2 is 2.00 bits per heavy atom. The molecular weight excluding hydrogens is 439 g/mol. The van der Waals surface area contributed by atoms with Crippen LogP contribution in [0.25, 0.3) is 0 Å². The summed E-state index contributed by atoms with van der Waals surface area (Å²) in [5.74, 6) is -1.06. The second-order valence-electron chi connectivity index (χ2n) is 6.87. The van der Waals surface area contributed by atoms with Crippen LogP contribution in [0.2, 0.25) is 0 Å². The van der Waals surface area contributed by atoms with Gasteiger partial charge in [-0.2, -0.15) is 0 Å². The van der Waals surface area contributed by atoms with E-state index in [0.717, 1.165) is 24.3 Å². The molecular formula is C16H23N4O10P. The molecule has 0 radical (unpaired) electrons. The van der Waals surface area contributed by atoms with E-state index < -0.39 is 55.6 Å². The minimum atomic E-state index is -4.86. The summed E-state index contributed by atoms with van der Waals surface area (Å²) >= 11 is 0. The Bertz CT molecular complexity index is 882. The quantitative estimate of drug-likeness (QED) is 0.289. The van der Waals surface area contributed by atoms with Crippen molar-refractivity contribution in [2.75, 3.05) is 13.2 Å². The van der Waals surface area contributed by atoms with Gasteiger partial charge in [0.15, 0.2) is 0 Å². The molecule has 2 aliphatic heterocycles. The summed E-state index contributed by atoms with van der Waals surface area (Å²) < 4.78 is 27.0. The van der Waals surface area contributed by atoms with Gasteiger partial charge in [0.1, 0.15) is 18.1 Å². The molecule has 5 atom stereocenters. The first kappa shape index (κ1) is 24.7. The second kappa shape index (κ2) is 9.68. The lowest BCUT2D eigenvalue weighted by Gasteiger charge is -2.34. The Morgan fingerprint density at radius 3 is 2.61 bits per heavy atom. The number of urea groups is 1. The molecule has 2 heterocycles. The number of aliphatic hydroxyl groups excluding tert-OH is 1. The number of nitro groups is 1. The Labute approximate surface area is 176 Å². The summed E-state index contributed by atoms with van der Waals surface area (Å²) in [7, 11) is -4.86. The number of phosphoric ester groups is 1. The van der Waals surface area contributed by atoms with Crippen molar-refractivity contribution >= 4 is 25.4 Å². The molecule has 0 aliphatic carbocycles. The third kappa shape index (κ3) is 5.97. The van der Waals surface area contributed by atoms with Crippen molar-refractivity contribution in [3.05, 3.63) is 34.4 Å². The van der Waals surface area contributed by atoms with Crippen molar-refractivity contribution in [2.45, 2.75) is 31.8 Å². The van der Waals surface area contributed by atoms with Crippen LogP contribution in [-0.4, -0.2) is 58.5 Å². The zero-order valence-corrected chi connectivity index (χ0v) is 17.6. The minimum absolute atomic E-state index is 0. The number of hydrogen-bond donors (Lipinski definition) is 3. The Balaban J connectivity index is 0.00000341. The molecule has 172 valence electrons. The van der Waals surface area contributed by atoms with Crippen LogP contribution in [0, 0.1) is 16.0 Å². The number of nitro benzene ring substituents is 1. The number of carbonyl (C=O) groups excluding carboxylic acids is 2. The predicted molar refractivity (Wildman–Crippen MR) is 102 cm³/mol. The zero-order valence-electron chi connectivity index (χ0n) is 16.7. The molecule has 0 aromatic heterocycles. The highest BCUT2D eigenvalue weighted by Crippen LogP contribution is 2.41. The van der Waals surface area contributed by atoms with E-state index in [0.29, 0.717) is 0 Å². The number of ether oxygens (including phenoxy) is 1. The van der Waals surface area contributed by atoms with Crippen LogP contribution < -0.4 is 20.9 Å². The standard InChI is InChI=1S/C16H20N3O10P.H3N/c1-9-7-18(16(22)17-15(9)21)14-6-12(20)13(28-14)8-27-30(25,26)29-11-4-2-10(3-5-11)19(23)24;/h2-5,9,12-14,20H,6-8H2,1H3,(H,25,26)(H,17,21,22);1H3/t9?,12-,13+,14+;/m0./s1. The largest absolute Gasteiger partial charge is 0.746 e. The topological polar surface area (TPSA) is 217 Å². The molecule has 2 fully saturated rings. The molecule has 0 saturated carbocycles. The maximum Gasteiger partial charge on any atom is 0.326 e. The van der Waals surface area contributed by atoms with E-state index >= 15 is 0 Å². The van der Waals surface area contributed by atoms with E-state index in [-0.39, 0.29) is 30.6 Å². The molecule has 2 saturated heterocycles. The number of non-ortho nitro benzene ring substituents is 1. The van der Waals surface area contributed by atoms with Gasteiger partial charge in [0.25, 0.3) is 5.69 Å². The fourth-order valence-electron chi connectivity index (χ4n) is 3.02. The summed E-state index contributed by atoms with van der Waals surface area (Å²) in [6.07, 6.45) is -3.02. The molecule has 14 nitrogen and oxygen atoms in total. The Kier molecular flexibility index (Phi) is 7.70. The summed E-state index contributed by atoms with van der Waals surface area (Å²) in [6, 6.07) is 3.67. The smallest absolute Gasteiger partial charge is 0.326 e. The molecule has 0 spiro atoms. The molecule has 3 amide bonds. The van der Waals surface area contributed by atoms with Crippen molar-refractivity contribution < 1.29 is 42.9 Å². The molecule has 2 aliphatic rings. The first-order valence-corrected chi connectivity index (χ1v) is 10.4. The van der Waals surface area contributed by atoms with E-state index in [4.69, 9.17) is 13.8 Å². The van der Waals surface area contributed by atoms with E-state index in [1.165, 1.54) is 4.90 Å². The van der Waals surface area contributed by atoms with Gasteiger partial charge in [-0.05, 0) is 12.1 Å². The van der Waals surface area contributed by atoms with E-state index in [2.05, 4.69) is 5.32 Å². The highest BCUT2D eigenvalue weighted by molar-refractivity contribution is 7.46. The van der Waals surface area contributed by atoms with Gasteiger partial charge in [-0.1, -0.05) is 6.92 Å². The molecule has 1 aromatic carbocycles. The van der Waals surface area contributed by atoms with Gasteiger partial charge in [-0.25, -0.2) is 4.79 Å². The van der Waals surface area contributed by atoms with Crippen LogP contribution in [0.3, 0.4) is 0 Å². The molecule has 0 bridgehead atoms. The predicted octanol–water partition coefficient (Wildman–Crippen LogP) is 0.499. The third-order valence-electron chi connectivity index (χ3n) is 4.62. The number of phosphoric acid groups is 1. The van der Waals surface area contributed by atoms with E-state index in [1.807, 2.05) is 0 Å². The van der Waals surface area contributed by atoms with Crippen molar-refractivity contribution in [1.82, 2.24) is 16.4 Å². The van der Waals surface area contributed by atoms with Crippen LogP contribution >= 0.6 is 7.82 Å². The third-order valence-corrected chi connectivity index (χ3v) is 5.52. The van der Waals surface area contributed by atoms with Crippen molar-refractivity contribution in [2.24, 2.45) is 5.92 Å². The fraction of sp³-hybridized carbons (Fsp3) is 0.500. The Morgan fingerprint density at radius 1 is 1.35 bits per heavy atom. The number of imide groups is 1. The average Bonchev–Trinajstić information content (AvgIpc) is 3.03. The monoisotopic (exact) mass is 462 g/mol. The number of rotatable bonds is 7. The number of hydrogen-bond acceptors (Lipinski definition) is 10. The normalized spacial score (nSPS) is 27.8. The molecule has 15 heteroatoms. The van der Waals surface area contributed by atoms with E-state index in [1.54, 1.807) is 6.92 Å². The fourth-order valence-corrected chi connectivity index (χ4v) is 3.78. The van der Waals surface area contributed by atoms with Crippen molar-refractivity contribution in [3.8, 4) is 5.75 Å². The van der Waals surface area contributed by atoms with Crippen LogP contribution in [-0.2, 0) is 18.6 Å². The van der Waals surface area contributed by atoms with Crippen molar-refractivity contribution in [3.63, 3.8) is 0 Å². The van der Waals surface area contributed by atoms with Gasteiger partial charge in [-0.15, -0.1) is 0 Å². The Hall–Kier alpha value is -2.61. The second-order valence-corrected chi connectivity index (χ2v) is 8.20. The number of aliphatic hydroxyl groups is 1. The number of nitrogens with one attached hydrogen (secondary N) is 1. The summed E-state index contributed by atoms with van der Waals surface area (Å²) in [5, 5.41) is 22.9. The van der Waals surface area contributed by atoms with Gasteiger partial charge in [0.05, 0.1) is 23.6 Å². The van der Waals surface area contributed by atoms with Crippen LogP contribution in [0.15, 0.2) is 24.3 Å². The lowest BCUT2D eigenvalue weighted by atomic mass is 10.1. The number of benzene rings is 1. The highest BCUT2D eigenvalue weighted by atomic mass is 31.2. The lowest BCUT2D eigenvalue weighted by Crippen LogP contribution is -2.57. The lowest BCUT2D eigenvalue weighted by molar-refractivity contribution is -0.384. The van der Waals surface area contributed by atoms with Crippen LogP contribution in [0.5, 0.6) is 5.75 Å². The summed E-state index contributed by atoms with van der Waals surface area (Å²) in [5.41, 5.74) is -0.240. The number of quaternary nitrogens is 1. The van der Waals surface area contributed by atoms with Crippen LogP contribution in [0.1, 0.15) is 13.3 Å². The van der Waals surface area contributed by atoms with Crippen LogP contribution in [0.4, 0.5) is 10.5 Å². The average molecular weight is 462 g/mol. The number of carbonyl (C=O) groups is 2. The van der Waals surface area contributed by atoms with Gasteiger partial charge < -0.3 is 29.9 Å². The van der Waals surface area contributed by atoms with E-state index in [9.17, 15) is 34.3 Å². The molecule has 31 heavy (non-hydrogen) atoms. The molecule has 3 rings (SSSR count). The summed E-state index contributed by atoms with van der Waals surface area (Å²) in [4.78, 5) is 46.7. The van der Waals surface area contributed by atoms with Gasteiger partial charge >= 0.3 is 13.9 Å². The maximum atomic E-state index is 12.0. The first-order valence-electron chi connectivity index (χ1n) is 8.90. The maximum absolute atomic E-state index is 12.0. The van der Waals surface area contributed by atoms with Crippen molar-refractivity contribution in [1.29, 1.82) is 0 Å². The van der Waals surface area contributed by atoms with Gasteiger partial charge in [0, 0.05) is 25.1 Å². The first-order chi connectivity index (χ1) is 14.1. The highest BCUT2D eigenvalue weighted by Gasteiger charge is 2.42. The number of amides is 3. The SMILES string of the molecule is CC1CN([C@H]2C[C@H](O)[C@@H](COP(=O)([O-])Oc3ccc([N+](=O)[O-])cc3)O2)C(=O)NC1=O.[NH4+]. The summed E-state index contributed by atoms with van der Waals surface area (Å²) in [6.45, 7) is 1.15. The molecule has 1 aromatic rings. The van der Waals surface area contributed by atoms with Gasteiger partial charge in [0.2, 0.25) is 5.91 Å². The molecule has 6 N–H and O–H groups in total. The van der Waals surface area contributed by atoms with Gasteiger partial charge in [-0.3, -0.25) is 29.7 Å². The zero-order chi connectivity index (χ0) is 22.1.